The number of sulfone groups is 1. The molecule has 1 saturated heterocycles. The minimum Gasteiger partial charge on any atom is -0.493 e. The number of nitrogens with zero attached hydrogens (tertiary/aromatic N) is 1. The number of nitrogens with two attached hydrogens (primary N) is 1. The highest BCUT2D eigenvalue weighted by Gasteiger charge is 2.18. The molecule has 0 radical (unpaired) electrons. The monoisotopic (exact) mass is 312 g/mol. The van der Waals surface area contributed by atoms with Crippen LogP contribution in [-0.2, 0) is 16.4 Å². The molecule has 0 amide bonds. The van der Waals surface area contributed by atoms with Gasteiger partial charge in [0.2, 0.25) is 0 Å². The van der Waals surface area contributed by atoms with Gasteiger partial charge in [-0.25, -0.2) is 8.42 Å². The van der Waals surface area contributed by atoms with Gasteiger partial charge < -0.3 is 15.4 Å². The van der Waals surface area contributed by atoms with E-state index in [-0.39, 0.29) is 5.75 Å². The van der Waals surface area contributed by atoms with Gasteiger partial charge in [-0.05, 0) is 25.5 Å². The molecule has 0 aromatic heterocycles. The molecule has 1 aliphatic heterocycles. The molecule has 0 atom stereocenters. The molecular formula is C15H24N2O3S. The molecule has 0 aliphatic carbocycles. The largest absolute Gasteiger partial charge is 0.493 e. The Hall–Kier alpha value is -1.11. The first-order valence-electron chi connectivity index (χ1n) is 7.44. The zero-order chi connectivity index (χ0) is 15.1. The number of hydrogen-bond acceptors (Lipinski definition) is 5. The molecule has 1 aromatic carbocycles. The third-order valence-electron chi connectivity index (χ3n) is 3.72. The molecule has 0 bridgehead atoms. The smallest absolute Gasteiger partial charge is 0.151 e. The fourth-order valence-corrected chi connectivity index (χ4v) is 3.81. The normalized spacial score (nSPS) is 19.1. The van der Waals surface area contributed by atoms with E-state index < -0.39 is 9.84 Å². The van der Waals surface area contributed by atoms with Gasteiger partial charge in [0.05, 0.1) is 18.1 Å². The van der Waals surface area contributed by atoms with E-state index in [0.29, 0.717) is 25.4 Å². The van der Waals surface area contributed by atoms with E-state index in [1.165, 1.54) is 0 Å². The van der Waals surface area contributed by atoms with E-state index in [2.05, 4.69) is 4.90 Å². The fourth-order valence-electron chi connectivity index (χ4n) is 2.50. The molecule has 0 saturated carbocycles. The molecule has 1 heterocycles. The van der Waals surface area contributed by atoms with Crippen molar-refractivity contribution in [1.82, 2.24) is 4.90 Å². The summed E-state index contributed by atoms with van der Waals surface area (Å²) in [5, 5.41) is 0. The SMILES string of the molecule is NCc1ccccc1OCCCN1CCCS(=O)(=O)CC1. The van der Waals surface area contributed by atoms with E-state index in [1.807, 2.05) is 24.3 Å². The Balaban J connectivity index is 1.72. The number of rotatable bonds is 6. The summed E-state index contributed by atoms with van der Waals surface area (Å²) in [7, 11) is -2.82. The van der Waals surface area contributed by atoms with Gasteiger partial charge in [0, 0.05) is 25.2 Å². The molecule has 21 heavy (non-hydrogen) atoms. The first kappa shape index (κ1) is 16.3. The molecule has 2 N–H and O–H groups in total. The van der Waals surface area contributed by atoms with Crippen molar-refractivity contribution in [2.75, 3.05) is 37.7 Å². The number of hydrogen-bond donors (Lipinski definition) is 1. The van der Waals surface area contributed by atoms with E-state index >= 15 is 0 Å². The summed E-state index contributed by atoms with van der Waals surface area (Å²) in [5.74, 6) is 1.45. The lowest BCUT2D eigenvalue weighted by Gasteiger charge is -2.19. The standard InChI is InChI=1S/C15H24N2O3S/c16-13-14-5-1-2-6-15(14)20-10-3-7-17-8-4-11-21(18,19)12-9-17/h1-2,5-6H,3-4,7-13,16H2. The molecule has 1 aromatic rings. The van der Waals surface area contributed by atoms with Crippen molar-refractivity contribution in [2.45, 2.75) is 19.4 Å². The predicted molar refractivity (Wildman–Crippen MR) is 84.2 cm³/mol. The lowest BCUT2D eigenvalue weighted by molar-refractivity contribution is 0.244. The van der Waals surface area contributed by atoms with Crippen LogP contribution in [0.3, 0.4) is 0 Å². The van der Waals surface area contributed by atoms with Crippen LogP contribution in [0.25, 0.3) is 0 Å². The average molecular weight is 312 g/mol. The summed E-state index contributed by atoms with van der Waals surface area (Å²) in [6.45, 7) is 3.47. The van der Waals surface area contributed by atoms with Crippen molar-refractivity contribution in [3.05, 3.63) is 29.8 Å². The molecule has 2 rings (SSSR count). The second-order valence-corrected chi connectivity index (χ2v) is 7.66. The molecule has 6 heteroatoms. The Bertz CT molecular complexity index is 546. The van der Waals surface area contributed by atoms with Crippen molar-refractivity contribution in [3.63, 3.8) is 0 Å². The van der Waals surface area contributed by atoms with Crippen LogP contribution in [0.2, 0.25) is 0 Å². The summed E-state index contributed by atoms with van der Waals surface area (Å²) < 4.78 is 28.8. The maximum atomic E-state index is 11.5. The first-order valence-corrected chi connectivity index (χ1v) is 9.26. The molecule has 0 unspecified atom stereocenters. The van der Waals surface area contributed by atoms with Crippen LogP contribution in [0.15, 0.2) is 24.3 Å². The molecule has 0 spiro atoms. The van der Waals surface area contributed by atoms with Crippen LogP contribution in [-0.4, -0.2) is 51.1 Å². The molecule has 5 nitrogen and oxygen atoms in total. The Morgan fingerprint density at radius 2 is 2.00 bits per heavy atom. The van der Waals surface area contributed by atoms with Gasteiger partial charge in [-0.2, -0.15) is 0 Å². The molecule has 1 aliphatic rings. The topological polar surface area (TPSA) is 72.6 Å². The zero-order valence-electron chi connectivity index (χ0n) is 12.3. The quantitative estimate of drug-likeness (QED) is 0.795. The van der Waals surface area contributed by atoms with Crippen molar-refractivity contribution in [1.29, 1.82) is 0 Å². The Morgan fingerprint density at radius 3 is 2.81 bits per heavy atom. The second kappa shape index (κ2) is 7.77. The Morgan fingerprint density at radius 1 is 1.19 bits per heavy atom. The fraction of sp³-hybridized carbons (Fsp3) is 0.600. The number of para-hydroxylation sites is 1. The van der Waals surface area contributed by atoms with E-state index in [4.69, 9.17) is 10.5 Å². The lowest BCUT2D eigenvalue weighted by atomic mass is 10.2. The van der Waals surface area contributed by atoms with E-state index in [9.17, 15) is 8.42 Å². The summed E-state index contributed by atoms with van der Waals surface area (Å²) in [6.07, 6.45) is 1.62. The predicted octanol–water partition coefficient (Wildman–Crippen LogP) is 1.03. The maximum absolute atomic E-state index is 11.5. The summed E-state index contributed by atoms with van der Waals surface area (Å²) in [5.41, 5.74) is 6.68. The minimum absolute atomic E-state index is 0.282. The van der Waals surface area contributed by atoms with Gasteiger partial charge in [-0.15, -0.1) is 0 Å². The summed E-state index contributed by atoms with van der Waals surface area (Å²) in [6, 6.07) is 7.79. The minimum atomic E-state index is -2.82. The van der Waals surface area contributed by atoms with Gasteiger partial charge in [-0.3, -0.25) is 0 Å². The van der Waals surface area contributed by atoms with Crippen molar-refractivity contribution in [2.24, 2.45) is 5.73 Å². The van der Waals surface area contributed by atoms with Crippen LogP contribution in [0.1, 0.15) is 18.4 Å². The van der Waals surface area contributed by atoms with Crippen LogP contribution in [0, 0.1) is 0 Å². The van der Waals surface area contributed by atoms with Crippen LogP contribution in [0.4, 0.5) is 0 Å². The van der Waals surface area contributed by atoms with Crippen LogP contribution < -0.4 is 10.5 Å². The Kier molecular flexibility index (Phi) is 6.02. The van der Waals surface area contributed by atoms with E-state index in [0.717, 1.165) is 37.2 Å². The average Bonchev–Trinajstić information content (AvgIpc) is 2.65. The third kappa shape index (κ3) is 5.30. The van der Waals surface area contributed by atoms with Crippen LogP contribution in [0.5, 0.6) is 5.75 Å². The lowest BCUT2D eigenvalue weighted by Crippen LogP contribution is -2.29. The van der Waals surface area contributed by atoms with Gasteiger partial charge >= 0.3 is 0 Å². The maximum Gasteiger partial charge on any atom is 0.151 e. The Labute approximate surface area is 127 Å². The van der Waals surface area contributed by atoms with Crippen molar-refractivity contribution < 1.29 is 13.2 Å². The highest BCUT2D eigenvalue weighted by Crippen LogP contribution is 2.17. The molecule has 1 fully saturated rings. The summed E-state index contributed by atoms with van der Waals surface area (Å²) >= 11 is 0. The number of ether oxygens (including phenoxy) is 1. The van der Waals surface area contributed by atoms with Gasteiger partial charge in [-0.1, -0.05) is 18.2 Å². The highest BCUT2D eigenvalue weighted by atomic mass is 32.2. The molecular weight excluding hydrogens is 288 g/mol. The first-order chi connectivity index (χ1) is 10.1. The van der Waals surface area contributed by atoms with Gasteiger partial charge in [0.1, 0.15) is 5.75 Å². The van der Waals surface area contributed by atoms with Gasteiger partial charge in [0.25, 0.3) is 0 Å². The number of benzene rings is 1. The van der Waals surface area contributed by atoms with Crippen molar-refractivity contribution in [3.8, 4) is 5.75 Å². The van der Waals surface area contributed by atoms with Crippen molar-refractivity contribution >= 4 is 9.84 Å². The highest BCUT2D eigenvalue weighted by molar-refractivity contribution is 7.91. The van der Waals surface area contributed by atoms with E-state index in [1.54, 1.807) is 0 Å². The zero-order valence-corrected chi connectivity index (χ0v) is 13.1. The van der Waals surface area contributed by atoms with Gasteiger partial charge in [0.15, 0.2) is 9.84 Å². The summed E-state index contributed by atoms with van der Waals surface area (Å²) in [4.78, 5) is 2.21. The third-order valence-corrected chi connectivity index (χ3v) is 5.43. The van der Waals surface area contributed by atoms with Crippen LogP contribution >= 0.6 is 0 Å². The molecule has 118 valence electrons. The second-order valence-electron chi connectivity index (χ2n) is 5.36.